The van der Waals surface area contributed by atoms with Crippen LogP contribution in [-0.2, 0) is 14.3 Å². The number of hydrogen-bond acceptors (Lipinski definition) is 4. The molecule has 1 aliphatic heterocycles. The van der Waals surface area contributed by atoms with Gasteiger partial charge < -0.3 is 14.6 Å². The lowest BCUT2D eigenvalue weighted by atomic mass is 10.1. The molecule has 0 saturated carbocycles. The molecule has 1 aromatic rings. The van der Waals surface area contributed by atoms with Gasteiger partial charge in [-0.1, -0.05) is 6.07 Å². The quantitative estimate of drug-likeness (QED) is 0.806. The smallest absolute Gasteiger partial charge is 0.329 e. The number of carbonyl (C=O) groups is 1. The zero-order valence-corrected chi connectivity index (χ0v) is 11.4. The molecule has 1 aliphatic rings. The highest BCUT2D eigenvalue weighted by Crippen LogP contribution is 2.23. The molecule has 21 heavy (non-hydrogen) atoms. The summed E-state index contributed by atoms with van der Waals surface area (Å²) in [6.45, 7) is 2.24. The Morgan fingerprint density at radius 2 is 2.24 bits per heavy atom. The first-order chi connectivity index (χ1) is 10.1. The summed E-state index contributed by atoms with van der Waals surface area (Å²) in [5, 5.41) is 8.46. The molecule has 1 unspecified atom stereocenters. The third-order valence-electron chi connectivity index (χ3n) is 3.24. The van der Waals surface area contributed by atoms with E-state index < -0.39 is 17.6 Å². The van der Waals surface area contributed by atoms with Crippen LogP contribution in [0.2, 0.25) is 0 Å². The second-order valence-electron chi connectivity index (χ2n) is 4.78. The van der Waals surface area contributed by atoms with Crippen LogP contribution in [0, 0.1) is 11.6 Å². The van der Waals surface area contributed by atoms with Gasteiger partial charge in [-0.15, -0.1) is 0 Å². The van der Waals surface area contributed by atoms with Crippen molar-refractivity contribution in [2.45, 2.75) is 6.10 Å². The van der Waals surface area contributed by atoms with E-state index in [2.05, 4.69) is 0 Å². The molecule has 116 valence electrons. The van der Waals surface area contributed by atoms with E-state index in [1.807, 2.05) is 4.90 Å². The standard InChI is InChI=1S/C14H17F2NO4/c15-11-2-1-10(7-12(11)16)13-8-17(4-6-21-13)3-5-20-9-14(18)19/h1-2,7,13H,3-6,8-9H2,(H,18,19). The van der Waals surface area contributed by atoms with Crippen molar-refractivity contribution in [1.82, 2.24) is 4.90 Å². The Hall–Kier alpha value is -1.57. The largest absolute Gasteiger partial charge is 0.480 e. The van der Waals surface area contributed by atoms with E-state index in [0.29, 0.717) is 38.4 Å². The number of rotatable bonds is 6. The highest BCUT2D eigenvalue weighted by Gasteiger charge is 2.22. The van der Waals surface area contributed by atoms with Gasteiger partial charge in [0.25, 0.3) is 0 Å². The first-order valence-electron chi connectivity index (χ1n) is 6.64. The van der Waals surface area contributed by atoms with Crippen molar-refractivity contribution in [2.75, 3.05) is 39.5 Å². The van der Waals surface area contributed by atoms with Crippen molar-refractivity contribution < 1.29 is 28.2 Å². The summed E-state index contributed by atoms with van der Waals surface area (Å²) in [5.74, 6) is -2.77. The van der Waals surface area contributed by atoms with Gasteiger partial charge in [-0.25, -0.2) is 13.6 Å². The highest BCUT2D eigenvalue weighted by atomic mass is 19.2. The summed E-state index contributed by atoms with van der Waals surface area (Å²) in [6.07, 6.45) is -0.326. The van der Waals surface area contributed by atoms with Crippen LogP contribution in [-0.4, -0.2) is 55.4 Å². The lowest BCUT2D eigenvalue weighted by Crippen LogP contribution is -2.40. The van der Waals surface area contributed by atoms with Crippen molar-refractivity contribution >= 4 is 5.97 Å². The summed E-state index contributed by atoms with van der Waals surface area (Å²) in [4.78, 5) is 12.4. The Balaban J connectivity index is 1.85. The minimum absolute atomic E-state index is 0.302. The fourth-order valence-corrected chi connectivity index (χ4v) is 2.17. The van der Waals surface area contributed by atoms with E-state index in [1.54, 1.807) is 0 Å². The van der Waals surface area contributed by atoms with Crippen LogP contribution in [0.5, 0.6) is 0 Å². The first-order valence-corrected chi connectivity index (χ1v) is 6.64. The van der Waals surface area contributed by atoms with Crippen molar-refractivity contribution in [2.24, 2.45) is 0 Å². The molecular weight excluding hydrogens is 284 g/mol. The van der Waals surface area contributed by atoms with E-state index in [4.69, 9.17) is 14.6 Å². The molecule has 0 amide bonds. The molecule has 2 rings (SSSR count). The minimum atomic E-state index is -1.00. The molecule has 0 bridgehead atoms. The molecule has 5 nitrogen and oxygen atoms in total. The molecule has 1 N–H and O–H groups in total. The topological polar surface area (TPSA) is 59.0 Å². The average Bonchev–Trinajstić information content (AvgIpc) is 2.47. The SMILES string of the molecule is O=C(O)COCCN1CCOC(c2ccc(F)c(F)c2)C1. The Bertz CT molecular complexity index is 498. The van der Waals surface area contributed by atoms with Gasteiger partial charge in [0.2, 0.25) is 0 Å². The second kappa shape index (κ2) is 7.44. The number of benzene rings is 1. The predicted molar refractivity (Wildman–Crippen MR) is 69.9 cm³/mol. The van der Waals surface area contributed by atoms with Gasteiger partial charge >= 0.3 is 5.97 Å². The van der Waals surface area contributed by atoms with Crippen LogP contribution in [0.25, 0.3) is 0 Å². The van der Waals surface area contributed by atoms with Gasteiger partial charge in [0, 0.05) is 19.6 Å². The van der Waals surface area contributed by atoms with E-state index in [9.17, 15) is 13.6 Å². The third-order valence-corrected chi connectivity index (χ3v) is 3.24. The molecule has 0 aromatic heterocycles. The predicted octanol–water partition coefficient (Wildman–Crippen LogP) is 1.44. The van der Waals surface area contributed by atoms with E-state index in [1.165, 1.54) is 6.07 Å². The number of carboxylic acid groups (broad SMARTS) is 1. The van der Waals surface area contributed by atoms with Crippen LogP contribution in [0.15, 0.2) is 18.2 Å². The summed E-state index contributed by atoms with van der Waals surface area (Å²) in [6, 6.07) is 3.74. The molecule has 1 atom stereocenters. The van der Waals surface area contributed by atoms with Gasteiger partial charge in [-0.05, 0) is 17.7 Å². The number of halogens is 2. The molecule has 0 spiro atoms. The Labute approximate surface area is 121 Å². The number of morpholine rings is 1. The maximum atomic E-state index is 13.2. The Morgan fingerprint density at radius 1 is 1.43 bits per heavy atom. The molecule has 0 aliphatic carbocycles. The lowest BCUT2D eigenvalue weighted by Gasteiger charge is -2.33. The number of ether oxygens (including phenoxy) is 2. The number of hydrogen-bond donors (Lipinski definition) is 1. The Morgan fingerprint density at radius 3 is 2.95 bits per heavy atom. The van der Waals surface area contributed by atoms with Crippen molar-refractivity contribution in [3.8, 4) is 0 Å². The molecule has 0 radical (unpaired) electrons. The van der Waals surface area contributed by atoms with Crippen LogP contribution < -0.4 is 0 Å². The molecule has 7 heteroatoms. The van der Waals surface area contributed by atoms with Gasteiger partial charge in [-0.3, -0.25) is 4.90 Å². The van der Waals surface area contributed by atoms with E-state index in [-0.39, 0.29) is 12.7 Å². The summed E-state index contributed by atoms with van der Waals surface area (Å²) in [5.41, 5.74) is 0.588. The second-order valence-corrected chi connectivity index (χ2v) is 4.78. The first kappa shape index (κ1) is 15.8. The highest BCUT2D eigenvalue weighted by molar-refractivity contribution is 5.67. The van der Waals surface area contributed by atoms with Crippen LogP contribution in [0.4, 0.5) is 8.78 Å². The molecule has 1 saturated heterocycles. The normalized spacial score (nSPS) is 19.6. The minimum Gasteiger partial charge on any atom is -0.480 e. The molecule has 1 heterocycles. The molecular formula is C14H17F2NO4. The zero-order valence-electron chi connectivity index (χ0n) is 11.4. The molecule has 1 aromatic carbocycles. The van der Waals surface area contributed by atoms with Crippen LogP contribution >= 0.6 is 0 Å². The average molecular weight is 301 g/mol. The fourth-order valence-electron chi connectivity index (χ4n) is 2.17. The maximum absolute atomic E-state index is 13.2. The Kier molecular flexibility index (Phi) is 5.60. The molecule has 1 fully saturated rings. The summed E-state index contributed by atoms with van der Waals surface area (Å²) in [7, 11) is 0. The monoisotopic (exact) mass is 301 g/mol. The van der Waals surface area contributed by atoms with Crippen molar-refractivity contribution in [3.63, 3.8) is 0 Å². The van der Waals surface area contributed by atoms with Gasteiger partial charge in [0.1, 0.15) is 6.61 Å². The summed E-state index contributed by atoms with van der Waals surface area (Å²) < 4.78 is 36.7. The van der Waals surface area contributed by atoms with Crippen LogP contribution in [0.1, 0.15) is 11.7 Å². The van der Waals surface area contributed by atoms with Gasteiger partial charge in [-0.2, -0.15) is 0 Å². The number of nitrogens with zero attached hydrogens (tertiary/aromatic N) is 1. The van der Waals surface area contributed by atoms with Crippen molar-refractivity contribution in [3.05, 3.63) is 35.4 Å². The fraction of sp³-hybridized carbons (Fsp3) is 0.500. The van der Waals surface area contributed by atoms with E-state index >= 15 is 0 Å². The summed E-state index contributed by atoms with van der Waals surface area (Å²) >= 11 is 0. The van der Waals surface area contributed by atoms with Crippen LogP contribution in [0.3, 0.4) is 0 Å². The zero-order chi connectivity index (χ0) is 15.2. The lowest BCUT2D eigenvalue weighted by molar-refractivity contribution is -0.142. The third kappa shape index (κ3) is 4.73. The van der Waals surface area contributed by atoms with Gasteiger partial charge in [0.05, 0.1) is 19.3 Å². The number of aliphatic carboxylic acids is 1. The maximum Gasteiger partial charge on any atom is 0.329 e. The van der Waals surface area contributed by atoms with E-state index in [0.717, 1.165) is 12.1 Å². The number of carboxylic acids is 1. The van der Waals surface area contributed by atoms with Gasteiger partial charge in [0.15, 0.2) is 11.6 Å². The van der Waals surface area contributed by atoms with Crippen molar-refractivity contribution in [1.29, 1.82) is 0 Å².